The van der Waals surface area contributed by atoms with E-state index >= 15 is 0 Å². The molecule has 6 nitrogen and oxygen atoms in total. The summed E-state index contributed by atoms with van der Waals surface area (Å²) in [5.41, 5.74) is 0.821. The molecule has 7 heteroatoms. The number of carboxylic acid groups (broad SMARTS) is 1. The van der Waals surface area contributed by atoms with Crippen molar-refractivity contribution in [2.75, 3.05) is 11.4 Å². The lowest BCUT2D eigenvalue weighted by atomic mass is 10.1. The summed E-state index contributed by atoms with van der Waals surface area (Å²) in [6.07, 6.45) is 3.16. The van der Waals surface area contributed by atoms with Crippen molar-refractivity contribution in [3.05, 3.63) is 24.3 Å². The van der Waals surface area contributed by atoms with Crippen LogP contribution in [-0.4, -0.2) is 34.3 Å². The lowest BCUT2D eigenvalue weighted by molar-refractivity contribution is -0.137. The maximum atomic E-state index is 12.8. The molecule has 1 fully saturated rings. The molecule has 2 aliphatic heterocycles. The molecule has 2 aliphatic rings. The predicted molar refractivity (Wildman–Crippen MR) is 90.9 cm³/mol. The second-order valence-electron chi connectivity index (χ2n) is 6.04. The zero-order valence-corrected chi connectivity index (χ0v) is 14.1. The molecule has 1 aromatic rings. The van der Waals surface area contributed by atoms with Crippen molar-refractivity contribution >= 4 is 35.2 Å². The van der Waals surface area contributed by atoms with Gasteiger partial charge in [0.1, 0.15) is 0 Å². The predicted octanol–water partition coefficient (Wildman–Crippen LogP) is 2.38. The molecule has 2 N–H and O–H groups in total. The number of carboxylic acids is 1. The second-order valence-corrected chi connectivity index (χ2v) is 7.36. The van der Waals surface area contributed by atoms with E-state index < -0.39 is 10.8 Å². The molecule has 1 atom stereocenters. The summed E-state index contributed by atoms with van der Waals surface area (Å²) in [5.74, 6) is -0.935. The second kappa shape index (κ2) is 6.84. The molecular formula is C17H20N2O4S. The van der Waals surface area contributed by atoms with Gasteiger partial charge in [0.05, 0.1) is 5.69 Å². The van der Waals surface area contributed by atoms with E-state index in [9.17, 15) is 14.4 Å². The standard InChI is InChI=1S/C17H20N2O4S/c20-14-9-10-17(16(23)18-11-5-1-2-8-15(21)22)19(14)12-6-3-4-7-13(12)24-17/h3-4,6-7H,1-2,5,8-11H2,(H,18,23)(H,21,22). The summed E-state index contributed by atoms with van der Waals surface area (Å²) in [4.78, 5) is 37.3. The molecule has 0 aliphatic carbocycles. The number of nitrogens with zero attached hydrogens (tertiary/aromatic N) is 1. The topological polar surface area (TPSA) is 86.7 Å². The number of nitrogens with one attached hydrogen (secondary N) is 1. The molecule has 2 heterocycles. The number of anilines is 1. The number of unbranched alkanes of at least 4 members (excludes halogenated alkanes) is 2. The molecule has 1 aromatic carbocycles. The van der Waals surface area contributed by atoms with Gasteiger partial charge < -0.3 is 10.4 Å². The molecule has 0 aromatic heterocycles. The Kier molecular flexibility index (Phi) is 4.80. The SMILES string of the molecule is O=C(O)CCCCCNC(=O)C12CCC(=O)N1c1ccccc1S2. The first-order chi connectivity index (χ1) is 11.5. The summed E-state index contributed by atoms with van der Waals surface area (Å²) in [6, 6.07) is 7.60. The van der Waals surface area contributed by atoms with Gasteiger partial charge in [0.25, 0.3) is 5.91 Å². The van der Waals surface area contributed by atoms with Gasteiger partial charge in [0, 0.05) is 24.3 Å². The zero-order valence-electron chi connectivity index (χ0n) is 13.3. The quantitative estimate of drug-likeness (QED) is 0.739. The summed E-state index contributed by atoms with van der Waals surface area (Å²) in [6.45, 7) is 0.499. The van der Waals surface area contributed by atoms with Gasteiger partial charge in [-0.15, -0.1) is 0 Å². The molecular weight excluding hydrogens is 328 g/mol. The van der Waals surface area contributed by atoms with E-state index in [2.05, 4.69) is 5.32 Å². The maximum absolute atomic E-state index is 12.8. The normalized spacial score (nSPS) is 21.5. The molecule has 3 rings (SSSR count). The molecule has 24 heavy (non-hydrogen) atoms. The van der Waals surface area contributed by atoms with E-state index in [1.807, 2.05) is 24.3 Å². The number of aliphatic carboxylic acids is 1. The van der Waals surface area contributed by atoms with Crippen molar-refractivity contribution in [2.24, 2.45) is 0 Å². The van der Waals surface area contributed by atoms with Crippen molar-refractivity contribution in [3.63, 3.8) is 0 Å². The largest absolute Gasteiger partial charge is 0.481 e. The average Bonchev–Trinajstić information content (AvgIpc) is 3.06. The van der Waals surface area contributed by atoms with Crippen LogP contribution >= 0.6 is 11.8 Å². The van der Waals surface area contributed by atoms with Crippen LogP contribution in [0.4, 0.5) is 5.69 Å². The van der Waals surface area contributed by atoms with E-state index in [4.69, 9.17) is 5.11 Å². The number of para-hydroxylation sites is 1. The van der Waals surface area contributed by atoms with Crippen molar-refractivity contribution in [1.82, 2.24) is 5.32 Å². The molecule has 1 saturated heterocycles. The van der Waals surface area contributed by atoms with Gasteiger partial charge in [-0.05, 0) is 31.4 Å². The van der Waals surface area contributed by atoms with Gasteiger partial charge >= 0.3 is 5.97 Å². The summed E-state index contributed by atoms with van der Waals surface area (Å²) < 4.78 is 0. The highest BCUT2D eigenvalue weighted by molar-refractivity contribution is 8.02. The molecule has 0 saturated carbocycles. The molecule has 0 radical (unpaired) electrons. The van der Waals surface area contributed by atoms with E-state index in [1.54, 1.807) is 4.90 Å². The average molecular weight is 348 g/mol. The van der Waals surface area contributed by atoms with Crippen LogP contribution in [0, 0.1) is 0 Å². The minimum atomic E-state index is -0.859. The third-order valence-corrected chi connectivity index (χ3v) is 5.86. The number of amides is 2. The maximum Gasteiger partial charge on any atom is 0.303 e. The Morgan fingerprint density at radius 3 is 2.83 bits per heavy atom. The fourth-order valence-corrected chi connectivity index (χ4v) is 4.65. The van der Waals surface area contributed by atoms with Gasteiger partial charge in [-0.3, -0.25) is 19.3 Å². The van der Waals surface area contributed by atoms with E-state index in [0.717, 1.165) is 23.4 Å². The van der Waals surface area contributed by atoms with Gasteiger partial charge in [-0.25, -0.2) is 0 Å². The molecule has 0 spiro atoms. The van der Waals surface area contributed by atoms with E-state index in [1.165, 1.54) is 11.8 Å². The molecule has 128 valence electrons. The fraction of sp³-hybridized carbons (Fsp3) is 0.471. The number of thioether (sulfide) groups is 1. The Balaban J connectivity index is 1.60. The highest BCUT2D eigenvalue weighted by atomic mass is 32.2. The highest BCUT2D eigenvalue weighted by Crippen LogP contribution is 2.55. The fourth-order valence-electron chi connectivity index (χ4n) is 3.22. The number of benzene rings is 1. The van der Waals surface area contributed by atoms with Crippen LogP contribution in [0.2, 0.25) is 0 Å². The van der Waals surface area contributed by atoms with Gasteiger partial charge in [-0.1, -0.05) is 30.3 Å². The Bertz CT molecular complexity index is 678. The number of fused-ring (bicyclic) bond motifs is 3. The minimum absolute atomic E-state index is 0.0101. The monoisotopic (exact) mass is 348 g/mol. The van der Waals surface area contributed by atoms with Crippen molar-refractivity contribution in [2.45, 2.75) is 48.3 Å². The molecule has 1 unspecified atom stereocenters. The Morgan fingerprint density at radius 2 is 2.04 bits per heavy atom. The van der Waals surface area contributed by atoms with Crippen molar-refractivity contribution in [1.29, 1.82) is 0 Å². The number of carbonyl (C=O) groups excluding carboxylic acids is 2. The molecule has 0 bridgehead atoms. The number of hydrogen-bond donors (Lipinski definition) is 2. The van der Waals surface area contributed by atoms with Crippen LogP contribution in [0.3, 0.4) is 0 Å². The van der Waals surface area contributed by atoms with Crippen LogP contribution < -0.4 is 10.2 Å². The van der Waals surface area contributed by atoms with Crippen LogP contribution in [0.15, 0.2) is 29.2 Å². The lowest BCUT2D eigenvalue weighted by Gasteiger charge is -2.29. The highest BCUT2D eigenvalue weighted by Gasteiger charge is 2.57. The molecule has 2 amide bonds. The first kappa shape index (κ1) is 16.8. The van der Waals surface area contributed by atoms with Crippen LogP contribution in [-0.2, 0) is 14.4 Å². The summed E-state index contributed by atoms with van der Waals surface area (Å²) in [7, 11) is 0. The van der Waals surface area contributed by atoms with Crippen LogP contribution in [0.5, 0.6) is 0 Å². The summed E-state index contributed by atoms with van der Waals surface area (Å²) in [5, 5.41) is 11.5. The third-order valence-electron chi connectivity index (χ3n) is 4.38. The third kappa shape index (κ3) is 3.00. The van der Waals surface area contributed by atoms with Crippen molar-refractivity contribution < 1.29 is 19.5 Å². The van der Waals surface area contributed by atoms with E-state index in [-0.39, 0.29) is 18.2 Å². The summed E-state index contributed by atoms with van der Waals surface area (Å²) >= 11 is 1.45. The van der Waals surface area contributed by atoms with Crippen LogP contribution in [0.1, 0.15) is 38.5 Å². The van der Waals surface area contributed by atoms with Gasteiger partial charge in [-0.2, -0.15) is 0 Å². The van der Waals surface area contributed by atoms with Gasteiger partial charge in [0.15, 0.2) is 4.87 Å². The van der Waals surface area contributed by atoms with E-state index in [0.29, 0.717) is 25.8 Å². The lowest BCUT2D eigenvalue weighted by Crippen LogP contribution is -2.52. The Morgan fingerprint density at radius 1 is 1.25 bits per heavy atom. The number of hydrogen-bond acceptors (Lipinski definition) is 4. The van der Waals surface area contributed by atoms with Crippen molar-refractivity contribution in [3.8, 4) is 0 Å². The zero-order chi connectivity index (χ0) is 17.2. The minimum Gasteiger partial charge on any atom is -0.481 e. The Labute approximate surface area is 144 Å². The Hall–Kier alpha value is -2.02. The van der Waals surface area contributed by atoms with Crippen LogP contribution in [0.25, 0.3) is 0 Å². The number of rotatable bonds is 7. The van der Waals surface area contributed by atoms with Gasteiger partial charge in [0.2, 0.25) is 5.91 Å². The smallest absolute Gasteiger partial charge is 0.303 e. The first-order valence-electron chi connectivity index (χ1n) is 8.16. The number of carbonyl (C=O) groups is 3. The first-order valence-corrected chi connectivity index (χ1v) is 8.97.